The summed E-state index contributed by atoms with van der Waals surface area (Å²) in [6, 6.07) is 0. The van der Waals surface area contributed by atoms with Gasteiger partial charge in [0, 0.05) is 21.0 Å². The summed E-state index contributed by atoms with van der Waals surface area (Å²) < 4.78 is 11.3. The molecule has 0 saturated carbocycles. The van der Waals surface area contributed by atoms with Gasteiger partial charge in [0.25, 0.3) is 0 Å². The summed E-state index contributed by atoms with van der Waals surface area (Å²) in [5, 5.41) is 0. The second kappa shape index (κ2) is 5.11. The lowest BCUT2D eigenvalue weighted by Gasteiger charge is -2.14. The van der Waals surface area contributed by atoms with Crippen LogP contribution in [-0.4, -0.2) is 24.7 Å². The molecule has 2 nitrogen and oxygen atoms in total. The summed E-state index contributed by atoms with van der Waals surface area (Å²) in [7, 11) is 1.77. The Morgan fingerprint density at radius 2 is 2.25 bits per heavy atom. The molecule has 0 N–H and O–H groups in total. The first-order chi connectivity index (χ1) is 7.72. The Labute approximate surface area is 101 Å². The van der Waals surface area contributed by atoms with Crippen LogP contribution in [0.25, 0.3) is 0 Å². The van der Waals surface area contributed by atoms with E-state index in [0.29, 0.717) is 6.61 Å². The van der Waals surface area contributed by atoms with Crippen LogP contribution in [0.5, 0.6) is 0 Å². The van der Waals surface area contributed by atoms with Gasteiger partial charge in [0.1, 0.15) is 6.61 Å². The lowest BCUT2D eigenvalue weighted by molar-refractivity contribution is 0.0303. The normalized spacial score (nSPS) is 26.1. The Morgan fingerprint density at radius 3 is 3.00 bits per heavy atom. The molecule has 88 valence electrons. The molecule has 16 heavy (non-hydrogen) atoms. The van der Waals surface area contributed by atoms with Crippen molar-refractivity contribution in [2.75, 3.05) is 13.7 Å². The van der Waals surface area contributed by atoms with Crippen LogP contribution < -0.4 is 0 Å². The maximum absolute atomic E-state index is 5.92. The molecule has 0 spiro atoms. The van der Waals surface area contributed by atoms with E-state index < -0.39 is 0 Å². The topological polar surface area (TPSA) is 18.5 Å². The predicted molar refractivity (Wildman–Crippen MR) is 69.4 cm³/mol. The van der Waals surface area contributed by atoms with E-state index in [1.807, 2.05) is 11.4 Å². The highest BCUT2D eigenvalue weighted by Gasteiger charge is 2.32. The first-order valence-electron chi connectivity index (χ1n) is 5.81. The molecule has 2 aliphatic rings. The van der Waals surface area contributed by atoms with Crippen molar-refractivity contribution in [2.24, 2.45) is 0 Å². The molecule has 0 saturated heterocycles. The molecule has 0 bridgehead atoms. The first kappa shape index (κ1) is 11.8. The van der Waals surface area contributed by atoms with Crippen LogP contribution in [0.1, 0.15) is 33.1 Å². The van der Waals surface area contributed by atoms with Gasteiger partial charge in [-0.2, -0.15) is 0 Å². The van der Waals surface area contributed by atoms with Gasteiger partial charge in [-0.1, -0.05) is 6.08 Å². The Hall–Kier alpha value is -0.670. The largest absolute Gasteiger partial charge is 0.485 e. The molecule has 0 fully saturated rings. The Balaban J connectivity index is 2.19. The van der Waals surface area contributed by atoms with Gasteiger partial charge in [0.15, 0.2) is 5.76 Å². The zero-order chi connectivity index (χ0) is 11.5. The molecule has 2 heterocycles. The number of rotatable bonds is 1. The summed E-state index contributed by atoms with van der Waals surface area (Å²) in [6.07, 6.45) is 5.92. The van der Waals surface area contributed by atoms with E-state index in [4.69, 9.17) is 9.47 Å². The van der Waals surface area contributed by atoms with Crippen LogP contribution in [0.4, 0.5) is 0 Å². The van der Waals surface area contributed by atoms with E-state index in [9.17, 15) is 0 Å². The Bertz CT molecular complexity index is 366. The standard InChI is InChI=1S/C13H19O2S/c1-9-12-7-5-4-6-11(14-3)8-15-13(12)10(2)16-9/h7,11H,4-6,8H2,1-3H3/q+1. The molecular formula is C13H19O2S+. The van der Waals surface area contributed by atoms with Crippen molar-refractivity contribution in [1.82, 2.24) is 0 Å². The van der Waals surface area contributed by atoms with Gasteiger partial charge >= 0.3 is 0 Å². The molecular weight excluding hydrogens is 220 g/mol. The fourth-order valence-electron chi connectivity index (χ4n) is 2.13. The minimum atomic E-state index is 0.235. The van der Waals surface area contributed by atoms with Crippen molar-refractivity contribution in [3.63, 3.8) is 0 Å². The zero-order valence-electron chi connectivity index (χ0n) is 10.2. The third-order valence-corrected chi connectivity index (χ3v) is 4.09. The minimum absolute atomic E-state index is 0.235. The number of ether oxygens (including phenoxy) is 2. The zero-order valence-corrected chi connectivity index (χ0v) is 11.0. The molecule has 0 aromatic carbocycles. The van der Waals surface area contributed by atoms with Gasteiger partial charge in [-0.25, -0.2) is 0 Å². The van der Waals surface area contributed by atoms with E-state index in [2.05, 4.69) is 19.9 Å². The second-order valence-electron chi connectivity index (χ2n) is 4.26. The molecule has 1 unspecified atom stereocenters. The minimum Gasteiger partial charge on any atom is -0.485 e. The monoisotopic (exact) mass is 239 g/mol. The highest BCUT2D eigenvalue weighted by molar-refractivity contribution is 7.83. The number of methoxy groups -OCH3 is 1. The van der Waals surface area contributed by atoms with Gasteiger partial charge in [-0.3, -0.25) is 0 Å². The summed E-state index contributed by atoms with van der Waals surface area (Å²) in [6.45, 7) is 4.97. The van der Waals surface area contributed by atoms with Gasteiger partial charge in [0.05, 0.1) is 11.7 Å². The molecule has 0 aromatic heterocycles. The predicted octanol–water partition coefficient (Wildman–Crippen LogP) is 2.65. The smallest absolute Gasteiger partial charge is 0.247 e. The summed E-state index contributed by atoms with van der Waals surface area (Å²) in [5.41, 5.74) is 1.30. The quantitative estimate of drug-likeness (QED) is 0.517. The number of hydrogen-bond donors (Lipinski definition) is 0. The van der Waals surface area contributed by atoms with E-state index in [0.717, 1.165) is 18.6 Å². The molecule has 1 atom stereocenters. The maximum Gasteiger partial charge on any atom is 0.247 e. The molecule has 2 rings (SSSR count). The van der Waals surface area contributed by atoms with Crippen molar-refractivity contribution in [2.45, 2.75) is 39.2 Å². The van der Waals surface area contributed by atoms with Gasteiger partial charge in [-0.05, 0) is 19.3 Å². The summed E-state index contributed by atoms with van der Waals surface area (Å²) in [5.74, 6) is 1.08. The van der Waals surface area contributed by atoms with Crippen LogP contribution >= 0.6 is 0 Å². The molecule has 0 amide bonds. The highest BCUT2D eigenvalue weighted by Crippen LogP contribution is 2.27. The fraction of sp³-hybridized carbons (Fsp3) is 0.615. The Kier molecular flexibility index (Phi) is 3.77. The first-order valence-corrected chi connectivity index (χ1v) is 6.62. The van der Waals surface area contributed by atoms with Gasteiger partial charge < -0.3 is 9.47 Å². The molecule has 0 radical (unpaired) electrons. The summed E-state index contributed by atoms with van der Waals surface area (Å²) >= 11 is 1.82. The van der Waals surface area contributed by atoms with E-state index in [-0.39, 0.29) is 6.10 Å². The van der Waals surface area contributed by atoms with Crippen LogP contribution in [0.15, 0.2) is 22.3 Å². The van der Waals surface area contributed by atoms with Crippen molar-refractivity contribution in [3.8, 4) is 0 Å². The molecule has 2 aliphatic heterocycles. The van der Waals surface area contributed by atoms with Crippen molar-refractivity contribution >= 4 is 16.2 Å². The van der Waals surface area contributed by atoms with Crippen molar-refractivity contribution in [3.05, 3.63) is 22.3 Å². The number of allylic oxidation sites excluding steroid dienone is 3. The average Bonchev–Trinajstić information content (AvgIpc) is 2.58. The maximum atomic E-state index is 5.92. The second-order valence-corrected chi connectivity index (χ2v) is 5.69. The molecule has 0 aromatic rings. The van der Waals surface area contributed by atoms with Gasteiger partial charge in [0.2, 0.25) is 21.1 Å². The van der Waals surface area contributed by atoms with Crippen LogP contribution in [0.3, 0.4) is 0 Å². The molecule has 3 heteroatoms. The molecule has 0 aliphatic carbocycles. The van der Waals surface area contributed by atoms with Crippen LogP contribution in [0.2, 0.25) is 0 Å². The third-order valence-electron chi connectivity index (χ3n) is 3.08. The highest BCUT2D eigenvalue weighted by atomic mass is 32.1. The Morgan fingerprint density at radius 1 is 1.44 bits per heavy atom. The van der Waals surface area contributed by atoms with Crippen LogP contribution in [0, 0.1) is 0 Å². The summed E-state index contributed by atoms with van der Waals surface area (Å²) in [4.78, 5) is 2.64. The van der Waals surface area contributed by atoms with E-state index >= 15 is 0 Å². The SMILES string of the molecule is COC1CCCC=C2C(C)=[S+]C(C)=C2OC1. The average molecular weight is 239 g/mol. The van der Waals surface area contributed by atoms with Crippen molar-refractivity contribution in [1.29, 1.82) is 0 Å². The number of hydrogen-bond acceptors (Lipinski definition) is 2. The van der Waals surface area contributed by atoms with E-state index in [1.165, 1.54) is 21.8 Å². The number of fused-ring (bicyclic) bond motifs is 1. The van der Waals surface area contributed by atoms with E-state index in [1.54, 1.807) is 7.11 Å². The lowest BCUT2D eigenvalue weighted by atomic mass is 10.1. The lowest BCUT2D eigenvalue weighted by Crippen LogP contribution is -2.18. The fourth-order valence-corrected chi connectivity index (χ4v) is 3.14. The van der Waals surface area contributed by atoms with Gasteiger partial charge in [-0.15, -0.1) is 0 Å². The van der Waals surface area contributed by atoms with Crippen LogP contribution in [-0.2, 0) is 20.8 Å². The third kappa shape index (κ3) is 2.36. The van der Waals surface area contributed by atoms with Crippen molar-refractivity contribution < 1.29 is 9.47 Å².